The van der Waals surface area contributed by atoms with Gasteiger partial charge in [-0.2, -0.15) is 0 Å². The Balaban J connectivity index is 2.02. The number of hydrogen-bond donors (Lipinski definition) is 0. The third-order valence-electron chi connectivity index (χ3n) is 3.15. The predicted octanol–water partition coefficient (Wildman–Crippen LogP) is 3.22. The van der Waals surface area contributed by atoms with Crippen molar-refractivity contribution < 1.29 is 4.79 Å². The van der Waals surface area contributed by atoms with Gasteiger partial charge < -0.3 is 4.90 Å². The lowest BCUT2D eigenvalue weighted by Crippen LogP contribution is -2.42. The summed E-state index contributed by atoms with van der Waals surface area (Å²) in [5.41, 5.74) is 1.48. The number of para-hydroxylation sites is 1. The summed E-state index contributed by atoms with van der Waals surface area (Å²) in [7, 11) is 0. The third kappa shape index (κ3) is 2.24. The van der Waals surface area contributed by atoms with Crippen LogP contribution in [0.15, 0.2) is 53.6 Å². The van der Waals surface area contributed by atoms with E-state index in [0.29, 0.717) is 5.69 Å². The van der Waals surface area contributed by atoms with Crippen molar-refractivity contribution in [3.63, 3.8) is 0 Å². The Kier molecular flexibility index (Phi) is 3.25. The van der Waals surface area contributed by atoms with Crippen LogP contribution in [0.3, 0.4) is 0 Å². The number of hydrogen-bond acceptors (Lipinski definition) is 3. The molecule has 2 aromatic rings. The molecule has 0 radical (unpaired) electrons. The molecule has 96 valence electrons. The maximum absolute atomic E-state index is 12.6. The molecule has 3 nitrogen and oxygen atoms in total. The van der Waals surface area contributed by atoms with Gasteiger partial charge in [-0.3, -0.25) is 9.78 Å². The molecular formula is C15H14N2OS. The summed E-state index contributed by atoms with van der Waals surface area (Å²) in [6, 6.07) is 13.6. The molecule has 0 spiro atoms. The van der Waals surface area contributed by atoms with Crippen LogP contribution in [0.4, 0.5) is 5.69 Å². The molecule has 1 aromatic heterocycles. The van der Waals surface area contributed by atoms with E-state index in [1.54, 1.807) is 24.0 Å². The first-order valence-corrected chi connectivity index (χ1v) is 7.22. The van der Waals surface area contributed by atoms with Crippen molar-refractivity contribution in [1.29, 1.82) is 0 Å². The van der Waals surface area contributed by atoms with Gasteiger partial charge in [-0.15, -0.1) is 11.8 Å². The molecule has 0 N–H and O–H groups in total. The van der Waals surface area contributed by atoms with E-state index in [4.69, 9.17) is 0 Å². The normalized spacial score (nSPS) is 17.9. The maximum atomic E-state index is 12.6. The molecule has 2 heterocycles. The fourth-order valence-corrected chi connectivity index (χ4v) is 3.28. The van der Waals surface area contributed by atoms with Gasteiger partial charge in [0.15, 0.2) is 0 Å². The standard InChI is InChI=1S/C15H14N2OS/c1-11-10-19-14-8-3-2-7-13(14)17(11)15(18)12-6-4-5-9-16-12/h2-9,11H,10H2,1H3. The van der Waals surface area contributed by atoms with Crippen molar-refractivity contribution in [1.82, 2.24) is 4.98 Å². The Morgan fingerprint density at radius 2 is 2.05 bits per heavy atom. The molecule has 0 aliphatic carbocycles. The van der Waals surface area contributed by atoms with Crippen molar-refractivity contribution in [2.24, 2.45) is 0 Å². The summed E-state index contributed by atoms with van der Waals surface area (Å²) < 4.78 is 0. The monoisotopic (exact) mass is 270 g/mol. The van der Waals surface area contributed by atoms with Crippen LogP contribution < -0.4 is 4.90 Å². The Bertz CT molecular complexity index is 600. The summed E-state index contributed by atoms with van der Waals surface area (Å²) in [4.78, 5) is 19.8. The number of carbonyl (C=O) groups excluding carboxylic acids is 1. The average Bonchev–Trinajstić information content (AvgIpc) is 2.47. The van der Waals surface area contributed by atoms with E-state index >= 15 is 0 Å². The Labute approximate surface area is 116 Å². The molecule has 19 heavy (non-hydrogen) atoms. The van der Waals surface area contributed by atoms with Crippen molar-refractivity contribution in [3.05, 3.63) is 54.4 Å². The van der Waals surface area contributed by atoms with Gasteiger partial charge in [0.05, 0.1) is 5.69 Å². The van der Waals surface area contributed by atoms with E-state index in [-0.39, 0.29) is 11.9 Å². The van der Waals surface area contributed by atoms with Gasteiger partial charge in [-0.1, -0.05) is 18.2 Å². The number of carbonyl (C=O) groups is 1. The fraction of sp³-hybridized carbons (Fsp3) is 0.200. The fourth-order valence-electron chi connectivity index (χ4n) is 2.22. The molecule has 1 atom stereocenters. The number of benzene rings is 1. The molecular weight excluding hydrogens is 256 g/mol. The lowest BCUT2D eigenvalue weighted by molar-refractivity contribution is 0.0975. The van der Waals surface area contributed by atoms with Crippen molar-refractivity contribution in [2.75, 3.05) is 10.7 Å². The lowest BCUT2D eigenvalue weighted by Gasteiger charge is -2.34. The van der Waals surface area contributed by atoms with Crippen LogP contribution in [0.1, 0.15) is 17.4 Å². The highest BCUT2D eigenvalue weighted by atomic mass is 32.2. The molecule has 1 unspecified atom stereocenters. The Hall–Kier alpha value is -1.81. The second kappa shape index (κ2) is 5.05. The summed E-state index contributed by atoms with van der Waals surface area (Å²) in [5.74, 6) is 0.885. The van der Waals surface area contributed by atoms with E-state index in [0.717, 1.165) is 16.3 Å². The van der Waals surface area contributed by atoms with Gasteiger partial charge >= 0.3 is 0 Å². The van der Waals surface area contributed by atoms with Gasteiger partial charge in [-0.25, -0.2) is 0 Å². The quantitative estimate of drug-likeness (QED) is 0.797. The minimum atomic E-state index is -0.0270. The Morgan fingerprint density at radius 1 is 1.26 bits per heavy atom. The van der Waals surface area contributed by atoms with Crippen LogP contribution in [-0.2, 0) is 0 Å². The SMILES string of the molecule is CC1CSc2ccccc2N1C(=O)c1ccccn1. The van der Waals surface area contributed by atoms with E-state index in [2.05, 4.69) is 18.0 Å². The molecule has 0 saturated carbocycles. The maximum Gasteiger partial charge on any atom is 0.277 e. The molecule has 1 aromatic carbocycles. The topological polar surface area (TPSA) is 33.2 Å². The molecule has 0 bridgehead atoms. The van der Waals surface area contributed by atoms with Crippen LogP contribution in [0.25, 0.3) is 0 Å². The van der Waals surface area contributed by atoms with E-state index in [1.165, 1.54) is 0 Å². The number of pyridine rings is 1. The zero-order valence-corrected chi connectivity index (χ0v) is 11.4. The highest BCUT2D eigenvalue weighted by Gasteiger charge is 2.29. The van der Waals surface area contributed by atoms with Gasteiger partial charge in [0.1, 0.15) is 5.69 Å². The van der Waals surface area contributed by atoms with Crippen molar-refractivity contribution in [3.8, 4) is 0 Å². The van der Waals surface area contributed by atoms with Gasteiger partial charge in [0.25, 0.3) is 5.91 Å². The van der Waals surface area contributed by atoms with Gasteiger partial charge in [0.2, 0.25) is 0 Å². The summed E-state index contributed by atoms with van der Waals surface area (Å²) in [5, 5.41) is 0. The second-order valence-corrected chi connectivity index (χ2v) is 5.58. The second-order valence-electron chi connectivity index (χ2n) is 4.52. The molecule has 0 saturated heterocycles. The van der Waals surface area contributed by atoms with Crippen LogP contribution in [0.5, 0.6) is 0 Å². The first-order valence-electron chi connectivity index (χ1n) is 6.24. The largest absolute Gasteiger partial charge is 0.302 e. The smallest absolute Gasteiger partial charge is 0.277 e. The summed E-state index contributed by atoms with van der Waals surface area (Å²) >= 11 is 1.80. The zero-order valence-electron chi connectivity index (χ0n) is 10.6. The van der Waals surface area contributed by atoms with Gasteiger partial charge in [0, 0.05) is 22.9 Å². The number of anilines is 1. The van der Waals surface area contributed by atoms with Crippen LogP contribution in [0, 0.1) is 0 Å². The first-order chi connectivity index (χ1) is 9.27. The highest BCUT2D eigenvalue weighted by molar-refractivity contribution is 7.99. The molecule has 1 aliphatic heterocycles. The predicted molar refractivity (Wildman–Crippen MR) is 77.7 cm³/mol. The summed E-state index contributed by atoms with van der Waals surface area (Å²) in [6.45, 7) is 2.07. The lowest BCUT2D eigenvalue weighted by atomic mass is 10.2. The number of amides is 1. The number of nitrogens with zero attached hydrogens (tertiary/aromatic N) is 2. The van der Waals surface area contributed by atoms with Crippen molar-refractivity contribution >= 4 is 23.4 Å². The molecule has 0 fully saturated rings. The van der Waals surface area contributed by atoms with E-state index in [1.807, 2.05) is 35.2 Å². The van der Waals surface area contributed by atoms with E-state index in [9.17, 15) is 4.79 Å². The number of fused-ring (bicyclic) bond motifs is 1. The molecule has 3 rings (SSSR count). The van der Waals surface area contributed by atoms with Crippen LogP contribution in [-0.4, -0.2) is 22.7 Å². The average molecular weight is 270 g/mol. The molecule has 1 aliphatic rings. The van der Waals surface area contributed by atoms with Crippen molar-refractivity contribution in [2.45, 2.75) is 17.9 Å². The third-order valence-corrected chi connectivity index (χ3v) is 4.45. The molecule has 1 amide bonds. The number of rotatable bonds is 1. The molecule has 4 heteroatoms. The summed E-state index contributed by atoms with van der Waals surface area (Å²) in [6.07, 6.45) is 1.66. The number of thioether (sulfide) groups is 1. The van der Waals surface area contributed by atoms with E-state index < -0.39 is 0 Å². The Morgan fingerprint density at radius 3 is 2.84 bits per heavy atom. The van der Waals surface area contributed by atoms with Crippen LogP contribution in [0.2, 0.25) is 0 Å². The number of aromatic nitrogens is 1. The van der Waals surface area contributed by atoms with Crippen LogP contribution >= 0.6 is 11.8 Å². The van der Waals surface area contributed by atoms with Gasteiger partial charge in [-0.05, 0) is 31.2 Å². The zero-order chi connectivity index (χ0) is 13.2. The highest BCUT2D eigenvalue weighted by Crippen LogP contribution is 2.37. The first kappa shape index (κ1) is 12.2. The minimum absolute atomic E-state index is 0.0270. The minimum Gasteiger partial charge on any atom is -0.302 e.